The number of carbonyl (C=O) groups is 1. The predicted molar refractivity (Wildman–Crippen MR) is 115 cm³/mol. The molecule has 1 aliphatic rings. The third kappa shape index (κ3) is 3.98. The van der Waals surface area contributed by atoms with E-state index in [1.54, 1.807) is 24.0 Å². The van der Waals surface area contributed by atoms with Crippen LogP contribution in [0.5, 0.6) is 0 Å². The minimum absolute atomic E-state index is 0.115. The molecule has 4 heterocycles. The van der Waals surface area contributed by atoms with E-state index in [4.69, 9.17) is 0 Å². The maximum atomic E-state index is 14.5. The minimum atomic E-state index is -0.484. The number of pyridine rings is 1. The summed E-state index contributed by atoms with van der Waals surface area (Å²) in [6.07, 6.45) is 12.2. The van der Waals surface area contributed by atoms with Crippen LogP contribution in [0, 0.1) is 5.82 Å². The number of halogens is 1. The van der Waals surface area contributed by atoms with Crippen LogP contribution in [-0.2, 0) is 0 Å². The Kier molecular flexibility index (Phi) is 5.29. The Balaban J connectivity index is 1.46. The topological polar surface area (TPSA) is 101 Å². The normalized spacial score (nSPS) is 14.6. The van der Waals surface area contributed by atoms with Crippen molar-refractivity contribution in [2.45, 2.75) is 38.1 Å². The van der Waals surface area contributed by atoms with Crippen molar-refractivity contribution in [1.82, 2.24) is 29.9 Å². The van der Waals surface area contributed by atoms with Crippen molar-refractivity contribution < 1.29 is 9.18 Å². The molecule has 4 aromatic rings. The number of carbonyl (C=O) groups excluding carboxylic acids is 1. The molecule has 4 aromatic heterocycles. The van der Waals surface area contributed by atoms with Gasteiger partial charge in [0.15, 0.2) is 5.82 Å². The lowest BCUT2D eigenvalue weighted by Crippen LogP contribution is -2.14. The second-order valence-corrected chi connectivity index (χ2v) is 8.33. The lowest BCUT2D eigenvalue weighted by molar-refractivity contribution is 0.102. The Bertz CT molecular complexity index is 1190. The van der Waals surface area contributed by atoms with Crippen molar-refractivity contribution in [1.29, 1.82) is 0 Å². The van der Waals surface area contributed by atoms with E-state index in [0.29, 0.717) is 16.4 Å². The summed E-state index contributed by atoms with van der Waals surface area (Å²) in [7, 11) is 0. The number of anilines is 1. The smallest absolute Gasteiger partial charge is 0.275 e. The Morgan fingerprint density at radius 2 is 2.13 bits per heavy atom. The standard InChI is InChI=1S/C21H20FN7OS/c22-15-7-4-8-23-18(15)19-16(11-29(28-19)14-5-2-1-3-6-14)26-20(30)17-12-31-21(27-17)13-9-24-25-10-13/h4,7-12,14H,1-3,5-6H2,(H,24,25)(H,26,30). The average molecular weight is 438 g/mol. The zero-order valence-corrected chi connectivity index (χ0v) is 17.4. The summed E-state index contributed by atoms with van der Waals surface area (Å²) >= 11 is 1.35. The Morgan fingerprint density at radius 1 is 1.26 bits per heavy atom. The highest BCUT2D eigenvalue weighted by Gasteiger charge is 2.23. The number of hydrogen-bond acceptors (Lipinski definition) is 6. The van der Waals surface area contributed by atoms with Crippen LogP contribution in [0.1, 0.15) is 48.6 Å². The second-order valence-electron chi connectivity index (χ2n) is 7.48. The molecule has 0 bridgehead atoms. The molecular formula is C21H20FN7OS. The summed E-state index contributed by atoms with van der Waals surface area (Å²) in [6, 6.07) is 3.10. The first-order valence-electron chi connectivity index (χ1n) is 10.1. The van der Waals surface area contributed by atoms with Gasteiger partial charge in [-0.2, -0.15) is 10.2 Å². The van der Waals surface area contributed by atoms with E-state index >= 15 is 0 Å². The van der Waals surface area contributed by atoms with Crippen LogP contribution < -0.4 is 5.32 Å². The van der Waals surface area contributed by atoms with E-state index in [-0.39, 0.29) is 23.3 Å². The third-order valence-electron chi connectivity index (χ3n) is 5.39. The molecule has 1 saturated carbocycles. The van der Waals surface area contributed by atoms with Crippen molar-refractivity contribution in [2.75, 3.05) is 5.32 Å². The number of H-pyrrole nitrogens is 1. The molecule has 8 nitrogen and oxygen atoms in total. The van der Waals surface area contributed by atoms with E-state index < -0.39 is 5.82 Å². The van der Waals surface area contributed by atoms with Crippen LogP contribution in [0.3, 0.4) is 0 Å². The van der Waals surface area contributed by atoms with Gasteiger partial charge in [0, 0.05) is 29.5 Å². The molecule has 0 spiro atoms. The summed E-state index contributed by atoms with van der Waals surface area (Å²) in [6.45, 7) is 0. The monoisotopic (exact) mass is 437 g/mol. The van der Waals surface area contributed by atoms with Crippen molar-refractivity contribution in [3.8, 4) is 22.0 Å². The molecule has 0 aliphatic heterocycles. The van der Waals surface area contributed by atoms with E-state index in [1.807, 2.05) is 4.68 Å². The Hall–Kier alpha value is -3.40. The van der Waals surface area contributed by atoms with Crippen molar-refractivity contribution in [3.05, 3.63) is 53.8 Å². The highest BCUT2D eigenvalue weighted by Crippen LogP contribution is 2.33. The van der Waals surface area contributed by atoms with E-state index in [2.05, 4.69) is 30.6 Å². The number of aromatic amines is 1. The zero-order valence-electron chi connectivity index (χ0n) is 16.6. The molecule has 2 N–H and O–H groups in total. The minimum Gasteiger partial charge on any atom is -0.317 e. The number of thiazole rings is 1. The predicted octanol–water partition coefficient (Wildman–Crippen LogP) is 4.69. The zero-order chi connectivity index (χ0) is 21.2. The fourth-order valence-corrected chi connectivity index (χ4v) is 4.60. The summed E-state index contributed by atoms with van der Waals surface area (Å²) in [5.41, 5.74) is 1.95. The lowest BCUT2D eigenvalue weighted by atomic mass is 9.96. The fraction of sp³-hybridized carbons (Fsp3) is 0.286. The van der Waals surface area contributed by atoms with Crippen LogP contribution in [0.4, 0.5) is 10.1 Å². The maximum absolute atomic E-state index is 14.5. The van der Waals surface area contributed by atoms with Gasteiger partial charge in [-0.05, 0) is 25.0 Å². The fourth-order valence-electron chi connectivity index (χ4n) is 3.82. The Morgan fingerprint density at radius 3 is 2.90 bits per heavy atom. The quantitative estimate of drug-likeness (QED) is 0.472. The summed E-state index contributed by atoms with van der Waals surface area (Å²) in [5.74, 6) is -0.866. The van der Waals surface area contributed by atoms with Crippen LogP contribution in [0.2, 0.25) is 0 Å². The van der Waals surface area contributed by atoms with E-state index in [9.17, 15) is 9.18 Å². The number of amides is 1. The van der Waals surface area contributed by atoms with Gasteiger partial charge in [-0.15, -0.1) is 11.3 Å². The molecule has 0 saturated heterocycles. The molecule has 10 heteroatoms. The number of aromatic nitrogens is 6. The number of nitrogens with one attached hydrogen (secondary N) is 2. The van der Waals surface area contributed by atoms with Gasteiger partial charge in [-0.3, -0.25) is 19.6 Å². The molecule has 0 radical (unpaired) electrons. The van der Waals surface area contributed by atoms with Gasteiger partial charge in [-0.1, -0.05) is 19.3 Å². The molecule has 1 amide bonds. The van der Waals surface area contributed by atoms with Crippen molar-refractivity contribution in [2.24, 2.45) is 0 Å². The molecule has 31 heavy (non-hydrogen) atoms. The SMILES string of the molecule is O=C(Nc1cn(C2CCCCC2)nc1-c1ncccc1F)c1csc(-c2cn[nH]c2)n1. The van der Waals surface area contributed by atoms with E-state index in [0.717, 1.165) is 31.2 Å². The molecule has 0 aromatic carbocycles. The first kappa shape index (κ1) is 19.6. The van der Waals surface area contributed by atoms with Crippen LogP contribution >= 0.6 is 11.3 Å². The number of hydrogen-bond donors (Lipinski definition) is 2. The van der Waals surface area contributed by atoms with Gasteiger partial charge >= 0.3 is 0 Å². The molecule has 0 unspecified atom stereocenters. The summed E-state index contributed by atoms with van der Waals surface area (Å²) in [4.78, 5) is 21.5. The second kappa shape index (κ2) is 8.38. The third-order valence-corrected chi connectivity index (χ3v) is 6.29. The summed E-state index contributed by atoms with van der Waals surface area (Å²) < 4.78 is 16.3. The van der Waals surface area contributed by atoms with Gasteiger partial charge in [0.1, 0.15) is 22.1 Å². The van der Waals surface area contributed by atoms with Crippen molar-refractivity contribution >= 4 is 22.9 Å². The molecule has 1 aliphatic carbocycles. The highest BCUT2D eigenvalue weighted by molar-refractivity contribution is 7.13. The van der Waals surface area contributed by atoms with Crippen LogP contribution in [0.15, 0.2) is 42.3 Å². The van der Waals surface area contributed by atoms with E-state index in [1.165, 1.54) is 36.1 Å². The first-order valence-corrected chi connectivity index (χ1v) is 11.0. The maximum Gasteiger partial charge on any atom is 0.275 e. The molecule has 158 valence electrons. The Labute approximate surface area is 181 Å². The van der Waals surface area contributed by atoms with Gasteiger partial charge < -0.3 is 5.32 Å². The van der Waals surface area contributed by atoms with Crippen LogP contribution in [-0.4, -0.2) is 35.9 Å². The van der Waals surface area contributed by atoms with Gasteiger partial charge in [-0.25, -0.2) is 9.37 Å². The summed E-state index contributed by atoms with van der Waals surface area (Å²) in [5, 5.41) is 16.5. The molecule has 0 atom stereocenters. The number of rotatable bonds is 5. The number of nitrogens with zero attached hydrogens (tertiary/aromatic N) is 5. The molecule has 1 fully saturated rings. The molecule has 5 rings (SSSR count). The van der Waals surface area contributed by atoms with Gasteiger partial charge in [0.05, 0.1) is 17.9 Å². The highest BCUT2D eigenvalue weighted by atomic mass is 32.1. The molecular weight excluding hydrogens is 417 g/mol. The average Bonchev–Trinajstić information content (AvgIpc) is 3.55. The van der Waals surface area contributed by atoms with Gasteiger partial charge in [0.25, 0.3) is 5.91 Å². The largest absolute Gasteiger partial charge is 0.317 e. The lowest BCUT2D eigenvalue weighted by Gasteiger charge is -2.21. The van der Waals surface area contributed by atoms with Crippen LogP contribution in [0.25, 0.3) is 22.0 Å². The first-order chi connectivity index (χ1) is 15.2. The van der Waals surface area contributed by atoms with Gasteiger partial charge in [0.2, 0.25) is 0 Å². The van der Waals surface area contributed by atoms with Crippen molar-refractivity contribution in [3.63, 3.8) is 0 Å².